The minimum atomic E-state index is -2.99. The Morgan fingerprint density at radius 1 is 1.22 bits per heavy atom. The largest absolute Gasteiger partial charge is 0.493 e. The molecule has 2 aromatic rings. The maximum atomic E-state index is 11.6. The predicted octanol–water partition coefficient (Wildman–Crippen LogP) is 1.90. The molecule has 7 nitrogen and oxygen atoms in total. The van der Waals surface area contributed by atoms with Crippen molar-refractivity contribution >= 4 is 38.2 Å². The second-order valence-electron chi connectivity index (χ2n) is 5.31. The van der Waals surface area contributed by atoms with E-state index in [0.29, 0.717) is 34.6 Å². The van der Waals surface area contributed by atoms with Gasteiger partial charge in [-0.25, -0.2) is 18.4 Å². The minimum absolute atomic E-state index is 0.0769. The number of rotatable bonds is 4. The molecule has 1 unspecified atom stereocenters. The Morgan fingerprint density at radius 2 is 1.91 bits per heavy atom. The van der Waals surface area contributed by atoms with Crippen LogP contribution in [0.1, 0.15) is 6.42 Å². The van der Waals surface area contributed by atoms with Crippen molar-refractivity contribution in [1.82, 2.24) is 9.97 Å². The van der Waals surface area contributed by atoms with Crippen LogP contribution < -0.4 is 14.8 Å². The van der Waals surface area contributed by atoms with Gasteiger partial charge in [-0.3, -0.25) is 0 Å². The van der Waals surface area contributed by atoms with Crippen molar-refractivity contribution in [1.29, 1.82) is 0 Å². The third kappa shape index (κ3) is 3.28. The fourth-order valence-corrected chi connectivity index (χ4v) is 4.49. The maximum absolute atomic E-state index is 11.6. The van der Waals surface area contributed by atoms with Gasteiger partial charge < -0.3 is 14.8 Å². The van der Waals surface area contributed by atoms with E-state index in [1.807, 2.05) is 0 Å². The first-order valence-corrected chi connectivity index (χ1v) is 9.18. The molecule has 1 fully saturated rings. The Kier molecular flexibility index (Phi) is 4.20. The van der Waals surface area contributed by atoms with Gasteiger partial charge in [0.25, 0.3) is 0 Å². The van der Waals surface area contributed by atoms with Gasteiger partial charge in [0.15, 0.2) is 21.3 Å². The van der Waals surface area contributed by atoms with Crippen LogP contribution in [0, 0.1) is 0 Å². The number of benzene rings is 1. The highest BCUT2D eigenvalue weighted by Gasteiger charge is 2.28. The zero-order chi connectivity index (χ0) is 16.6. The van der Waals surface area contributed by atoms with Gasteiger partial charge in [-0.1, -0.05) is 0 Å². The molecule has 0 radical (unpaired) electrons. The van der Waals surface area contributed by atoms with Crippen LogP contribution in [0.25, 0.3) is 10.9 Å². The molecular weight excluding hydrogens is 342 g/mol. The van der Waals surface area contributed by atoms with Gasteiger partial charge in [0.05, 0.1) is 31.2 Å². The molecule has 1 aliphatic heterocycles. The number of aromatic nitrogens is 2. The molecule has 1 saturated heterocycles. The third-order valence-electron chi connectivity index (χ3n) is 3.75. The lowest BCUT2D eigenvalue weighted by Crippen LogP contribution is -2.21. The molecule has 0 bridgehead atoms. The standard InChI is InChI=1S/C14H16ClN3O4S/c1-21-11-5-9-10(6-12(11)22-2)17-14(15)18-13(9)16-8-3-4-23(19,20)7-8/h5-6,8H,3-4,7H2,1-2H3,(H,16,17,18). The lowest BCUT2D eigenvalue weighted by atomic mass is 10.2. The van der Waals surface area contributed by atoms with E-state index >= 15 is 0 Å². The quantitative estimate of drug-likeness (QED) is 0.835. The average Bonchev–Trinajstić information content (AvgIpc) is 2.84. The van der Waals surface area contributed by atoms with Gasteiger partial charge in [0, 0.05) is 17.5 Å². The molecule has 0 saturated carbocycles. The lowest BCUT2D eigenvalue weighted by molar-refractivity contribution is 0.356. The summed E-state index contributed by atoms with van der Waals surface area (Å²) in [6, 6.07) is 3.26. The zero-order valence-electron chi connectivity index (χ0n) is 12.7. The Bertz CT molecular complexity index is 857. The molecular formula is C14H16ClN3O4S. The topological polar surface area (TPSA) is 90.4 Å². The molecule has 1 atom stereocenters. The Balaban J connectivity index is 2.05. The summed E-state index contributed by atoms with van der Waals surface area (Å²) in [4.78, 5) is 8.38. The second-order valence-corrected chi connectivity index (χ2v) is 7.88. The van der Waals surface area contributed by atoms with E-state index in [9.17, 15) is 8.42 Å². The molecule has 3 rings (SSSR count). The van der Waals surface area contributed by atoms with Crippen LogP contribution in [0.4, 0.5) is 5.82 Å². The van der Waals surface area contributed by atoms with Gasteiger partial charge in [-0.05, 0) is 24.1 Å². The lowest BCUT2D eigenvalue weighted by Gasteiger charge is -2.15. The monoisotopic (exact) mass is 357 g/mol. The Labute approximate surface area is 138 Å². The summed E-state index contributed by atoms with van der Waals surface area (Å²) >= 11 is 5.98. The van der Waals surface area contributed by atoms with Gasteiger partial charge in [-0.15, -0.1) is 0 Å². The van der Waals surface area contributed by atoms with Crippen molar-refractivity contribution in [2.45, 2.75) is 12.5 Å². The second kappa shape index (κ2) is 6.01. The van der Waals surface area contributed by atoms with Crippen LogP contribution in [-0.2, 0) is 9.84 Å². The molecule has 0 amide bonds. The molecule has 1 aliphatic rings. The molecule has 1 N–H and O–H groups in total. The third-order valence-corrected chi connectivity index (χ3v) is 5.68. The van der Waals surface area contributed by atoms with E-state index in [1.54, 1.807) is 12.1 Å². The number of anilines is 1. The first-order valence-electron chi connectivity index (χ1n) is 6.98. The maximum Gasteiger partial charge on any atom is 0.224 e. The normalized spacial score (nSPS) is 19.7. The molecule has 124 valence electrons. The summed E-state index contributed by atoms with van der Waals surface area (Å²) in [5.41, 5.74) is 0.589. The number of methoxy groups -OCH3 is 2. The van der Waals surface area contributed by atoms with Crippen LogP contribution >= 0.6 is 11.6 Å². The summed E-state index contributed by atoms with van der Waals surface area (Å²) in [5, 5.41) is 3.93. The Morgan fingerprint density at radius 3 is 2.52 bits per heavy atom. The van der Waals surface area contributed by atoms with Crippen molar-refractivity contribution in [3.63, 3.8) is 0 Å². The summed E-state index contributed by atoms with van der Waals surface area (Å²) in [6.07, 6.45) is 0.540. The van der Waals surface area contributed by atoms with Crippen molar-refractivity contribution in [3.05, 3.63) is 17.4 Å². The number of hydrogen-bond donors (Lipinski definition) is 1. The van der Waals surface area contributed by atoms with Crippen molar-refractivity contribution < 1.29 is 17.9 Å². The fraction of sp³-hybridized carbons (Fsp3) is 0.429. The smallest absolute Gasteiger partial charge is 0.224 e. The number of hydrogen-bond acceptors (Lipinski definition) is 7. The molecule has 2 heterocycles. The first kappa shape index (κ1) is 16.1. The van der Waals surface area contributed by atoms with Crippen LogP contribution in [0.5, 0.6) is 11.5 Å². The highest BCUT2D eigenvalue weighted by atomic mass is 35.5. The van der Waals surface area contributed by atoms with Gasteiger partial charge in [0.1, 0.15) is 5.82 Å². The van der Waals surface area contributed by atoms with Gasteiger partial charge in [0.2, 0.25) is 5.28 Å². The number of sulfone groups is 1. The van der Waals surface area contributed by atoms with E-state index < -0.39 is 9.84 Å². The first-order chi connectivity index (χ1) is 10.9. The highest BCUT2D eigenvalue weighted by Crippen LogP contribution is 2.35. The van der Waals surface area contributed by atoms with E-state index in [1.165, 1.54) is 14.2 Å². The van der Waals surface area contributed by atoms with Crippen molar-refractivity contribution in [2.75, 3.05) is 31.0 Å². The van der Waals surface area contributed by atoms with Gasteiger partial charge >= 0.3 is 0 Å². The van der Waals surface area contributed by atoms with Crippen LogP contribution in [0.2, 0.25) is 5.28 Å². The summed E-state index contributed by atoms with van der Waals surface area (Å²) < 4.78 is 33.8. The average molecular weight is 358 g/mol. The van der Waals surface area contributed by atoms with E-state index in [4.69, 9.17) is 21.1 Å². The zero-order valence-corrected chi connectivity index (χ0v) is 14.2. The molecule has 0 spiro atoms. The van der Waals surface area contributed by atoms with E-state index in [2.05, 4.69) is 15.3 Å². The molecule has 0 aliphatic carbocycles. The number of halogens is 1. The summed E-state index contributed by atoms with van der Waals surface area (Å²) in [7, 11) is 0.0895. The van der Waals surface area contributed by atoms with Crippen LogP contribution in [0.15, 0.2) is 12.1 Å². The molecule has 1 aromatic carbocycles. The van der Waals surface area contributed by atoms with E-state index in [-0.39, 0.29) is 22.8 Å². The molecule has 23 heavy (non-hydrogen) atoms. The summed E-state index contributed by atoms with van der Waals surface area (Å²) in [6.45, 7) is 0. The fourth-order valence-electron chi connectivity index (χ4n) is 2.64. The van der Waals surface area contributed by atoms with Crippen LogP contribution in [0.3, 0.4) is 0 Å². The Hall–Kier alpha value is -1.80. The van der Waals surface area contributed by atoms with Crippen molar-refractivity contribution in [3.8, 4) is 11.5 Å². The SMILES string of the molecule is COc1cc2nc(Cl)nc(NC3CCS(=O)(=O)C3)c2cc1OC. The highest BCUT2D eigenvalue weighted by molar-refractivity contribution is 7.91. The van der Waals surface area contributed by atoms with Crippen molar-refractivity contribution in [2.24, 2.45) is 0 Å². The van der Waals surface area contributed by atoms with E-state index in [0.717, 1.165) is 0 Å². The molecule has 1 aromatic heterocycles. The number of ether oxygens (including phenoxy) is 2. The number of nitrogens with zero attached hydrogens (tertiary/aromatic N) is 2. The molecule has 9 heteroatoms. The minimum Gasteiger partial charge on any atom is -0.493 e. The van der Waals surface area contributed by atoms with Crippen LogP contribution in [-0.4, -0.2) is 50.2 Å². The number of fused-ring (bicyclic) bond motifs is 1. The predicted molar refractivity (Wildman–Crippen MR) is 88.3 cm³/mol. The van der Waals surface area contributed by atoms with Gasteiger partial charge in [-0.2, -0.15) is 0 Å². The summed E-state index contributed by atoms with van der Waals surface area (Å²) in [5.74, 6) is 1.82. The number of nitrogens with one attached hydrogen (secondary N) is 1.